The number of rotatable bonds is 5. The number of hydrogen-bond donors (Lipinski definition) is 4. The molecule has 11 heteroatoms. The molecule has 3 rings (SSSR count). The Morgan fingerprint density at radius 1 is 1.05 bits per heavy atom. The lowest BCUT2D eigenvalue weighted by atomic mass is 9.92. The predicted molar refractivity (Wildman–Crippen MR) is 135 cm³/mol. The number of aliphatic hydroxyl groups excluding tert-OH is 1. The van der Waals surface area contributed by atoms with E-state index < -0.39 is 71.7 Å². The Morgan fingerprint density at radius 2 is 1.74 bits per heavy atom. The number of amides is 2. The van der Waals surface area contributed by atoms with E-state index in [0.29, 0.717) is 0 Å². The van der Waals surface area contributed by atoms with Gasteiger partial charge in [0, 0.05) is 12.1 Å². The van der Waals surface area contributed by atoms with Gasteiger partial charge in [-0.2, -0.15) is 0 Å². The number of nitrogens with zero attached hydrogens (tertiary/aromatic N) is 1. The zero-order chi connectivity index (χ0) is 28.0. The molecule has 1 aliphatic rings. The smallest absolute Gasteiger partial charge is 0.348 e. The second-order valence-corrected chi connectivity index (χ2v) is 9.65. The third-order valence-corrected chi connectivity index (χ3v) is 6.35. The van der Waals surface area contributed by atoms with Crippen molar-refractivity contribution in [3.05, 3.63) is 59.9 Å². The molecule has 2 aromatic rings. The van der Waals surface area contributed by atoms with Crippen molar-refractivity contribution < 1.29 is 38.9 Å². The molecule has 1 saturated heterocycles. The Morgan fingerprint density at radius 3 is 2.37 bits per heavy atom. The van der Waals surface area contributed by atoms with Crippen molar-refractivity contribution in [2.24, 2.45) is 11.8 Å². The van der Waals surface area contributed by atoms with Crippen LogP contribution >= 0.6 is 0 Å². The number of benzene rings is 1. The van der Waals surface area contributed by atoms with Gasteiger partial charge in [0.05, 0.1) is 18.1 Å². The summed E-state index contributed by atoms with van der Waals surface area (Å²) in [6, 6.07) is 9.33. The fourth-order valence-corrected chi connectivity index (χ4v) is 4.07. The fourth-order valence-electron chi connectivity index (χ4n) is 4.07. The number of aliphatic hydroxyl groups is 1. The van der Waals surface area contributed by atoms with Gasteiger partial charge in [0.1, 0.15) is 17.9 Å². The number of esters is 2. The molecule has 4 N–H and O–H groups in total. The number of ether oxygens (including phenoxy) is 2. The van der Waals surface area contributed by atoms with E-state index in [4.69, 9.17) is 9.47 Å². The number of pyridine rings is 1. The van der Waals surface area contributed by atoms with E-state index >= 15 is 0 Å². The van der Waals surface area contributed by atoms with Crippen LogP contribution in [0, 0.1) is 11.8 Å². The summed E-state index contributed by atoms with van der Waals surface area (Å²) in [6.07, 6.45) is -2.45. The van der Waals surface area contributed by atoms with Crippen molar-refractivity contribution in [2.75, 3.05) is 0 Å². The number of hydrogen-bond acceptors (Lipinski definition) is 9. The number of nitrogens with one attached hydrogen (secondary N) is 2. The van der Waals surface area contributed by atoms with Gasteiger partial charge < -0.3 is 30.3 Å². The summed E-state index contributed by atoms with van der Waals surface area (Å²) in [6.45, 7) is 6.16. The quantitative estimate of drug-likeness (QED) is 0.417. The van der Waals surface area contributed by atoms with Gasteiger partial charge in [-0.15, -0.1) is 0 Å². The van der Waals surface area contributed by atoms with Gasteiger partial charge in [0.25, 0.3) is 5.91 Å². The Kier molecular flexibility index (Phi) is 9.40. The fraction of sp³-hybridized carbons (Fsp3) is 0.444. The van der Waals surface area contributed by atoms with Crippen LogP contribution in [0.3, 0.4) is 0 Å². The molecule has 0 radical (unpaired) electrons. The molecule has 2 amide bonds. The normalized spacial score (nSPS) is 26.8. The summed E-state index contributed by atoms with van der Waals surface area (Å²) in [7, 11) is 0. The van der Waals surface area contributed by atoms with Crippen LogP contribution in [-0.2, 0) is 30.3 Å². The van der Waals surface area contributed by atoms with Gasteiger partial charge in [-0.05, 0) is 38.0 Å². The molecule has 0 saturated carbocycles. The van der Waals surface area contributed by atoms with E-state index in [1.807, 2.05) is 6.07 Å². The van der Waals surface area contributed by atoms with E-state index in [0.717, 1.165) is 5.56 Å². The molecule has 1 aromatic heterocycles. The largest absolute Gasteiger partial charge is 0.505 e. The van der Waals surface area contributed by atoms with Crippen molar-refractivity contribution in [1.82, 2.24) is 15.6 Å². The standard InChI is InChI=1S/C27H33N3O8/c1-14(2)23-27(36)37-16(4)20(30-25(34)21-19(31)11-8-12-28-21)24(33)29-18(13-17-9-6-5-7-10-17)22(32)15(3)26(35)38-23/h5-12,14-16,18,20,22-23,31-32H,13H2,1-4H3,(H,29,33)(H,30,34)/t15-,16-,18+,20+,22+,23?/m1/s1. The third kappa shape index (κ3) is 6.86. The molecular weight excluding hydrogens is 494 g/mol. The minimum Gasteiger partial charge on any atom is -0.505 e. The summed E-state index contributed by atoms with van der Waals surface area (Å²) < 4.78 is 10.9. The number of carbonyl (C=O) groups is 4. The zero-order valence-corrected chi connectivity index (χ0v) is 21.7. The number of carbonyl (C=O) groups excluding carboxylic acids is 4. The molecule has 204 valence electrons. The topological polar surface area (TPSA) is 164 Å². The van der Waals surface area contributed by atoms with Crippen LogP contribution in [0.5, 0.6) is 5.75 Å². The molecule has 1 aromatic carbocycles. The van der Waals surface area contributed by atoms with Crippen molar-refractivity contribution >= 4 is 23.8 Å². The SMILES string of the molecule is CC(C)C1OC(=O)[C@H](C)[C@H](O)[C@H](Cc2ccccc2)NC(=O)[C@@H](NC(=O)c2ncccc2O)[C@@H](C)OC1=O. The van der Waals surface area contributed by atoms with E-state index in [2.05, 4.69) is 15.6 Å². The average Bonchev–Trinajstić information content (AvgIpc) is 2.88. The summed E-state index contributed by atoms with van der Waals surface area (Å²) in [5.74, 6) is -5.34. The second-order valence-electron chi connectivity index (χ2n) is 9.65. The molecule has 0 bridgehead atoms. The Balaban J connectivity index is 1.99. The second kappa shape index (κ2) is 12.5. The molecule has 38 heavy (non-hydrogen) atoms. The molecule has 11 nitrogen and oxygen atoms in total. The first kappa shape index (κ1) is 28.6. The van der Waals surface area contributed by atoms with Crippen molar-refractivity contribution in [1.29, 1.82) is 0 Å². The van der Waals surface area contributed by atoms with E-state index in [-0.39, 0.29) is 12.1 Å². The minimum absolute atomic E-state index is 0.162. The van der Waals surface area contributed by atoms with Gasteiger partial charge in [0.2, 0.25) is 12.0 Å². The first-order valence-electron chi connectivity index (χ1n) is 12.4. The lowest BCUT2D eigenvalue weighted by molar-refractivity contribution is -0.180. The molecule has 6 atom stereocenters. The van der Waals surface area contributed by atoms with Crippen LogP contribution in [0.15, 0.2) is 48.7 Å². The van der Waals surface area contributed by atoms with Crippen LogP contribution in [0.2, 0.25) is 0 Å². The zero-order valence-electron chi connectivity index (χ0n) is 21.7. The number of cyclic esters (lactones) is 2. The predicted octanol–water partition coefficient (Wildman–Crippen LogP) is 1.12. The highest BCUT2D eigenvalue weighted by Crippen LogP contribution is 2.20. The molecule has 1 fully saturated rings. The molecule has 2 heterocycles. The van der Waals surface area contributed by atoms with Crippen LogP contribution in [0.1, 0.15) is 43.7 Å². The van der Waals surface area contributed by atoms with Crippen LogP contribution in [-0.4, -0.2) is 69.3 Å². The van der Waals surface area contributed by atoms with Gasteiger partial charge in [-0.25, -0.2) is 9.78 Å². The maximum atomic E-state index is 13.5. The van der Waals surface area contributed by atoms with E-state index in [1.165, 1.54) is 32.2 Å². The highest BCUT2D eigenvalue weighted by molar-refractivity contribution is 5.98. The third-order valence-electron chi connectivity index (χ3n) is 6.35. The Bertz CT molecular complexity index is 1160. The molecule has 1 aliphatic heterocycles. The summed E-state index contributed by atoms with van der Waals surface area (Å²) in [5, 5.41) is 26.4. The average molecular weight is 528 g/mol. The first-order chi connectivity index (χ1) is 18.0. The van der Waals surface area contributed by atoms with Crippen molar-refractivity contribution in [3.63, 3.8) is 0 Å². The lowest BCUT2D eigenvalue weighted by Crippen LogP contribution is -2.59. The van der Waals surface area contributed by atoms with Gasteiger partial charge in [-0.3, -0.25) is 14.4 Å². The summed E-state index contributed by atoms with van der Waals surface area (Å²) in [5.41, 5.74) is 0.455. The Labute approximate surface area is 220 Å². The van der Waals surface area contributed by atoms with Gasteiger partial charge >= 0.3 is 11.9 Å². The number of aromatic hydroxyl groups is 1. The van der Waals surface area contributed by atoms with Crippen LogP contribution in [0.25, 0.3) is 0 Å². The Hall–Kier alpha value is -3.99. The van der Waals surface area contributed by atoms with Gasteiger partial charge in [-0.1, -0.05) is 44.2 Å². The minimum atomic E-state index is -1.43. The van der Waals surface area contributed by atoms with E-state index in [1.54, 1.807) is 38.1 Å². The van der Waals surface area contributed by atoms with E-state index in [9.17, 15) is 29.4 Å². The van der Waals surface area contributed by atoms with Crippen LogP contribution < -0.4 is 10.6 Å². The van der Waals surface area contributed by atoms with Crippen molar-refractivity contribution in [2.45, 2.75) is 64.5 Å². The summed E-state index contributed by atoms with van der Waals surface area (Å²) in [4.78, 5) is 56.1. The lowest BCUT2D eigenvalue weighted by Gasteiger charge is -2.33. The first-order valence-corrected chi connectivity index (χ1v) is 12.4. The molecule has 0 spiro atoms. The highest BCUT2D eigenvalue weighted by atomic mass is 16.6. The van der Waals surface area contributed by atoms with Gasteiger partial charge in [0.15, 0.2) is 5.69 Å². The maximum Gasteiger partial charge on any atom is 0.348 e. The number of aromatic nitrogens is 1. The monoisotopic (exact) mass is 527 g/mol. The molecular formula is C27H33N3O8. The van der Waals surface area contributed by atoms with Crippen molar-refractivity contribution in [3.8, 4) is 5.75 Å². The summed E-state index contributed by atoms with van der Waals surface area (Å²) >= 11 is 0. The highest BCUT2D eigenvalue weighted by Gasteiger charge is 2.40. The molecule has 0 aliphatic carbocycles. The maximum absolute atomic E-state index is 13.5. The van der Waals surface area contributed by atoms with Crippen LogP contribution in [0.4, 0.5) is 0 Å². The molecule has 1 unspecified atom stereocenters.